The van der Waals surface area contributed by atoms with E-state index in [1.165, 1.54) is 0 Å². The molecule has 7 nitrogen and oxygen atoms in total. The SMILES string of the molecule is CC(C)(CNC(=O)OC(C)(C)C)NC(=O)CCn1cnc2ccccc21. The quantitative estimate of drug-likeness (QED) is 0.829. The number of carbonyl (C=O) groups is 2. The van der Waals surface area contributed by atoms with Crippen LogP contribution in [0, 0.1) is 0 Å². The van der Waals surface area contributed by atoms with Crippen LogP contribution in [0.1, 0.15) is 41.0 Å². The third-order valence-corrected chi connectivity index (χ3v) is 3.66. The van der Waals surface area contributed by atoms with E-state index in [1.807, 2.05) is 42.7 Å². The summed E-state index contributed by atoms with van der Waals surface area (Å²) >= 11 is 0. The highest BCUT2D eigenvalue weighted by atomic mass is 16.6. The summed E-state index contributed by atoms with van der Waals surface area (Å²) in [6.07, 6.45) is 1.58. The van der Waals surface area contributed by atoms with Gasteiger partial charge in [-0.3, -0.25) is 4.79 Å². The van der Waals surface area contributed by atoms with Crippen LogP contribution in [0.3, 0.4) is 0 Å². The predicted octanol–water partition coefficient (Wildman–Crippen LogP) is 2.85. The molecule has 0 unspecified atom stereocenters. The summed E-state index contributed by atoms with van der Waals surface area (Å²) in [4.78, 5) is 28.3. The Bertz CT molecular complexity index is 774. The lowest BCUT2D eigenvalue weighted by Gasteiger charge is -2.28. The zero-order valence-electron chi connectivity index (χ0n) is 16.1. The van der Waals surface area contributed by atoms with Crippen molar-refractivity contribution in [2.24, 2.45) is 0 Å². The van der Waals surface area contributed by atoms with Gasteiger partial charge in [-0.05, 0) is 46.8 Å². The molecule has 0 spiro atoms. The van der Waals surface area contributed by atoms with Crippen LogP contribution in [0.4, 0.5) is 4.79 Å². The molecule has 0 radical (unpaired) electrons. The van der Waals surface area contributed by atoms with Crippen LogP contribution >= 0.6 is 0 Å². The van der Waals surface area contributed by atoms with Gasteiger partial charge in [-0.15, -0.1) is 0 Å². The Morgan fingerprint density at radius 1 is 1.15 bits per heavy atom. The fourth-order valence-corrected chi connectivity index (χ4v) is 2.50. The minimum absolute atomic E-state index is 0.0845. The van der Waals surface area contributed by atoms with Crippen molar-refractivity contribution >= 4 is 23.0 Å². The number of aryl methyl sites for hydroxylation is 1. The molecule has 0 aliphatic rings. The molecule has 2 N–H and O–H groups in total. The van der Waals surface area contributed by atoms with Crippen molar-refractivity contribution in [1.29, 1.82) is 0 Å². The summed E-state index contributed by atoms with van der Waals surface area (Å²) in [6, 6.07) is 7.81. The van der Waals surface area contributed by atoms with E-state index in [-0.39, 0.29) is 12.5 Å². The van der Waals surface area contributed by atoms with Gasteiger partial charge in [0.2, 0.25) is 5.91 Å². The van der Waals surface area contributed by atoms with Crippen LogP contribution in [0.15, 0.2) is 30.6 Å². The van der Waals surface area contributed by atoms with Crippen LogP contribution in [0.5, 0.6) is 0 Å². The fourth-order valence-electron chi connectivity index (χ4n) is 2.50. The average molecular weight is 360 g/mol. The van der Waals surface area contributed by atoms with Gasteiger partial charge in [-0.25, -0.2) is 9.78 Å². The number of imidazole rings is 1. The molecule has 1 heterocycles. The molecular weight excluding hydrogens is 332 g/mol. The van der Waals surface area contributed by atoms with Gasteiger partial charge in [-0.2, -0.15) is 0 Å². The first-order chi connectivity index (χ1) is 12.1. The first-order valence-electron chi connectivity index (χ1n) is 8.73. The van der Waals surface area contributed by atoms with E-state index in [9.17, 15) is 9.59 Å². The second kappa shape index (κ2) is 7.76. The number of hydrogen-bond acceptors (Lipinski definition) is 4. The molecule has 2 rings (SSSR count). The number of benzene rings is 1. The molecule has 26 heavy (non-hydrogen) atoms. The molecule has 0 fully saturated rings. The largest absolute Gasteiger partial charge is 0.444 e. The van der Waals surface area contributed by atoms with E-state index in [4.69, 9.17) is 4.74 Å². The number of aromatic nitrogens is 2. The Kier molecular flexibility index (Phi) is 5.90. The summed E-state index contributed by atoms with van der Waals surface area (Å²) in [5.74, 6) is -0.0845. The maximum Gasteiger partial charge on any atom is 0.407 e. The lowest BCUT2D eigenvalue weighted by atomic mass is 10.1. The van der Waals surface area contributed by atoms with Crippen molar-refractivity contribution in [3.63, 3.8) is 0 Å². The van der Waals surface area contributed by atoms with Crippen LogP contribution < -0.4 is 10.6 Å². The number of para-hydroxylation sites is 2. The van der Waals surface area contributed by atoms with Crippen molar-refractivity contribution in [3.8, 4) is 0 Å². The summed E-state index contributed by atoms with van der Waals surface area (Å²) in [5.41, 5.74) is 0.789. The van der Waals surface area contributed by atoms with Gasteiger partial charge >= 0.3 is 6.09 Å². The summed E-state index contributed by atoms with van der Waals surface area (Å²) in [7, 11) is 0. The van der Waals surface area contributed by atoms with Gasteiger partial charge in [0.05, 0.1) is 22.9 Å². The van der Waals surface area contributed by atoms with Crippen LogP contribution in [0.25, 0.3) is 11.0 Å². The van der Waals surface area contributed by atoms with Crippen LogP contribution in [-0.2, 0) is 16.1 Å². The summed E-state index contributed by atoms with van der Waals surface area (Å²) in [6.45, 7) is 9.95. The third kappa shape index (κ3) is 6.06. The number of ether oxygens (including phenoxy) is 1. The van der Waals surface area contributed by atoms with Crippen molar-refractivity contribution < 1.29 is 14.3 Å². The highest BCUT2D eigenvalue weighted by Gasteiger charge is 2.23. The highest BCUT2D eigenvalue weighted by Crippen LogP contribution is 2.12. The van der Waals surface area contributed by atoms with E-state index in [2.05, 4.69) is 15.6 Å². The molecule has 142 valence electrons. The molecule has 1 aromatic carbocycles. The number of carbonyl (C=O) groups excluding carboxylic acids is 2. The first kappa shape index (κ1) is 19.8. The number of amides is 2. The number of hydrogen-bond donors (Lipinski definition) is 2. The van der Waals surface area contributed by atoms with Gasteiger partial charge in [-0.1, -0.05) is 12.1 Å². The van der Waals surface area contributed by atoms with Crippen LogP contribution in [0.2, 0.25) is 0 Å². The standard InChI is InChI=1S/C19H28N4O3/c1-18(2,3)26-17(25)20-12-19(4,5)22-16(24)10-11-23-13-21-14-8-6-7-9-15(14)23/h6-9,13H,10-12H2,1-5H3,(H,20,25)(H,22,24). The molecule has 0 saturated heterocycles. The number of nitrogens with one attached hydrogen (secondary N) is 2. The lowest BCUT2D eigenvalue weighted by Crippen LogP contribution is -2.52. The van der Waals surface area contributed by atoms with Gasteiger partial charge in [0.25, 0.3) is 0 Å². The highest BCUT2D eigenvalue weighted by molar-refractivity contribution is 5.78. The molecule has 0 aliphatic heterocycles. The number of alkyl carbamates (subject to hydrolysis) is 1. The fraction of sp³-hybridized carbons (Fsp3) is 0.526. The molecule has 0 saturated carbocycles. The Hall–Kier alpha value is -2.57. The predicted molar refractivity (Wildman–Crippen MR) is 101 cm³/mol. The molecule has 2 aromatic rings. The Labute approximate surface area is 154 Å². The summed E-state index contributed by atoms with van der Waals surface area (Å²) < 4.78 is 7.16. The van der Waals surface area contributed by atoms with E-state index in [0.29, 0.717) is 13.0 Å². The van der Waals surface area contributed by atoms with Gasteiger partial charge in [0.1, 0.15) is 5.60 Å². The molecule has 0 atom stereocenters. The van der Waals surface area contributed by atoms with Gasteiger partial charge in [0.15, 0.2) is 0 Å². The van der Waals surface area contributed by atoms with E-state index < -0.39 is 17.2 Å². The summed E-state index contributed by atoms with van der Waals surface area (Å²) in [5, 5.41) is 5.63. The number of rotatable bonds is 6. The number of nitrogens with zero attached hydrogens (tertiary/aromatic N) is 2. The Balaban J connectivity index is 1.81. The lowest BCUT2D eigenvalue weighted by molar-refractivity contribution is -0.122. The molecule has 1 aromatic heterocycles. The third-order valence-electron chi connectivity index (χ3n) is 3.66. The van der Waals surface area contributed by atoms with Crippen molar-refractivity contribution in [2.75, 3.05) is 6.54 Å². The zero-order valence-corrected chi connectivity index (χ0v) is 16.1. The maximum absolute atomic E-state index is 12.3. The molecule has 0 aliphatic carbocycles. The Morgan fingerprint density at radius 3 is 2.54 bits per heavy atom. The molecule has 2 amide bonds. The average Bonchev–Trinajstić information content (AvgIpc) is 2.92. The van der Waals surface area contributed by atoms with E-state index >= 15 is 0 Å². The van der Waals surface area contributed by atoms with Gasteiger partial charge in [0, 0.05) is 19.5 Å². The second-order valence-corrected chi connectivity index (χ2v) is 7.96. The van der Waals surface area contributed by atoms with Crippen LogP contribution in [-0.4, -0.2) is 39.2 Å². The zero-order chi connectivity index (χ0) is 19.4. The maximum atomic E-state index is 12.3. The normalized spacial score (nSPS) is 12.0. The van der Waals surface area contributed by atoms with E-state index in [0.717, 1.165) is 11.0 Å². The van der Waals surface area contributed by atoms with Crippen molar-refractivity contribution in [3.05, 3.63) is 30.6 Å². The topological polar surface area (TPSA) is 85.3 Å². The van der Waals surface area contributed by atoms with E-state index in [1.54, 1.807) is 27.1 Å². The molecular formula is C19H28N4O3. The Morgan fingerprint density at radius 2 is 1.85 bits per heavy atom. The molecule has 7 heteroatoms. The van der Waals surface area contributed by atoms with Crippen molar-refractivity contribution in [2.45, 2.75) is 58.7 Å². The minimum Gasteiger partial charge on any atom is -0.444 e. The monoisotopic (exact) mass is 360 g/mol. The molecule has 0 bridgehead atoms. The smallest absolute Gasteiger partial charge is 0.407 e. The second-order valence-electron chi connectivity index (χ2n) is 7.96. The first-order valence-corrected chi connectivity index (χ1v) is 8.73. The minimum atomic E-state index is -0.578. The van der Waals surface area contributed by atoms with Gasteiger partial charge < -0.3 is 19.9 Å². The van der Waals surface area contributed by atoms with Crippen molar-refractivity contribution in [1.82, 2.24) is 20.2 Å². The number of fused-ring (bicyclic) bond motifs is 1.